The van der Waals surface area contributed by atoms with Gasteiger partial charge < -0.3 is 5.32 Å². The van der Waals surface area contributed by atoms with Gasteiger partial charge in [0.2, 0.25) is 0 Å². The van der Waals surface area contributed by atoms with Crippen LogP contribution >= 0.6 is 0 Å². The summed E-state index contributed by atoms with van der Waals surface area (Å²) in [6, 6.07) is 16.5. The fourth-order valence-electron chi connectivity index (χ4n) is 3.12. The molecule has 2 aromatic rings. The third-order valence-electron chi connectivity index (χ3n) is 4.50. The summed E-state index contributed by atoms with van der Waals surface area (Å²) in [5.41, 5.74) is 5.06. The highest BCUT2D eigenvalue weighted by molar-refractivity contribution is 5.90. The molecule has 5 nitrogen and oxygen atoms in total. The number of carbonyl (C=O) groups is 1. The highest BCUT2D eigenvalue weighted by Crippen LogP contribution is 2.12. The molecule has 1 amide bonds. The first-order chi connectivity index (χ1) is 12.7. The molecule has 3 N–H and O–H groups in total. The van der Waals surface area contributed by atoms with Crippen LogP contribution in [0.5, 0.6) is 0 Å². The molecule has 134 valence electrons. The number of hydrogen-bond acceptors (Lipinski definition) is 4. The maximum atomic E-state index is 11.0. The first kappa shape index (κ1) is 18.0. The predicted octanol–water partition coefficient (Wildman–Crippen LogP) is 1.56. The Labute approximate surface area is 152 Å². The number of fused-ring (bicyclic) bond motifs is 1. The molecule has 0 bridgehead atoms. The molecule has 3 rings (SSSR count). The Hall–Kier alpha value is -2.76. The molecule has 1 aliphatic rings. The van der Waals surface area contributed by atoms with Crippen molar-refractivity contribution < 1.29 is 10.0 Å². The van der Waals surface area contributed by atoms with Gasteiger partial charge in [-0.25, -0.2) is 5.48 Å². The smallest absolute Gasteiger partial charge is 0.267 e. The van der Waals surface area contributed by atoms with Gasteiger partial charge in [0.15, 0.2) is 0 Å². The van der Waals surface area contributed by atoms with E-state index in [0.717, 1.165) is 30.4 Å². The van der Waals surface area contributed by atoms with E-state index in [1.54, 1.807) is 11.6 Å². The Morgan fingerprint density at radius 1 is 1.19 bits per heavy atom. The summed E-state index contributed by atoms with van der Waals surface area (Å²) in [6.07, 6.45) is 3.93. The number of nitrogens with one attached hydrogen (secondary N) is 2. The van der Waals surface area contributed by atoms with Crippen LogP contribution in [-0.2, 0) is 11.3 Å². The van der Waals surface area contributed by atoms with Crippen LogP contribution in [0.4, 0.5) is 0 Å². The second kappa shape index (κ2) is 8.56. The zero-order chi connectivity index (χ0) is 18.4. The van der Waals surface area contributed by atoms with E-state index in [2.05, 4.69) is 30.4 Å². The van der Waals surface area contributed by atoms with Crippen LogP contribution in [0, 0.1) is 0 Å². The van der Waals surface area contributed by atoms with Crippen molar-refractivity contribution in [2.24, 2.45) is 4.99 Å². The Balaban J connectivity index is 1.51. The van der Waals surface area contributed by atoms with Gasteiger partial charge in [-0.2, -0.15) is 0 Å². The third kappa shape index (κ3) is 4.45. The Kier molecular flexibility index (Phi) is 5.94. The lowest BCUT2D eigenvalue weighted by Crippen LogP contribution is -2.24. The number of benzene rings is 2. The molecule has 0 spiro atoms. The first-order valence-corrected chi connectivity index (χ1v) is 8.75. The minimum absolute atomic E-state index is 0.261. The van der Waals surface area contributed by atoms with Gasteiger partial charge in [0, 0.05) is 17.8 Å². The number of carbonyl (C=O) groups excluding carboxylic acids is 1. The fraction of sp³-hybridized carbons (Fsp3) is 0.238. The number of para-hydroxylation sites is 1. The average molecular weight is 349 g/mol. The van der Waals surface area contributed by atoms with Crippen LogP contribution in [0.1, 0.15) is 24.5 Å². The van der Waals surface area contributed by atoms with Crippen molar-refractivity contribution in [3.05, 3.63) is 76.3 Å². The quantitative estimate of drug-likeness (QED) is 0.307. The van der Waals surface area contributed by atoms with Gasteiger partial charge in [0.25, 0.3) is 5.91 Å². The molecule has 0 saturated carbocycles. The van der Waals surface area contributed by atoms with Gasteiger partial charge in [-0.15, -0.1) is 0 Å². The zero-order valence-corrected chi connectivity index (χ0v) is 14.8. The van der Waals surface area contributed by atoms with Gasteiger partial charge in [0.05, 0.1) is 11.4 Å². The van der Waals surface area contributed by atoms with Crippen LogP contribution in [0.25, 0.3) is 11.6 Å². The van der Waals surface area contributed by atoms with Crippen LogP contribution in [0.2, 0.25) is 0 Å². The number of nitrogens with zero attached hydrogens (tertiary/aromatic N) is 1. The molecule has 1 unspecified atom stereocenters. The van der Waals surface area contributed by atoms with Crippen LogP contribution in [-0.4, -0.2) is 23.7 Å². The summed E-state index contributed by atoms with van der Waals surface area (Å²) >= 11 is 0. The highest BCUT2D eigenvalue weighted by Gasteiger charge is 2.13. The van der Waals surface area contributed by atoms with E-state index >= 15 is 0 Å². The fourth-order valence-corrected chi connectivity index (χ4v) is 3.12. The van der Waals surface area contributed by atoms with E-state index in [1.807, 2.05) is 30.3 Å². The minimum Gasteiger partial charge on any atom is -0.312 e. The molecule has 1 heterocycles. The van der Waals surface area contributed by atoms with E-state index in [4.69, 9.17) is 10.2 Å². The average Bonchev–Trinajstić information content (AvgIpc) is 2.99. The number of amides is 1. The predicted molar refractivity (Wildman–Crippen MR) is 102 cm³/mol. The molecular formula is C21H23N3O2. The van der Waals surface area contributed by atoms with Crippen molar-refractivity contribution in [1.82, 2.24) is 10.8 Å². The highest BCUT2D eigenvalue weighted by atomic mass is 16.5. The molecule has 0 aliphatic carbocycles. The van der Waals surface area contributed by atoms with Gasteiger partial charge in [-0.3, -0.25) is 15.0 Å². The number of hydrogen-bond donors (Lipinski definition) is 3. The maximum absolute atomic E-state index is 11.0. The van der Waals surface area contributed by atoms with Crippen molar-refractivity contribution in [2.45, 2.75) is 25.9 Å². The van der Waals surface area contributed by atoms with Crippen molar-refractivity contribution in [2.75, 3.05) is 6.54 Å². The van der Waals surface area contributed by atoms with Crippen LogP contribution in [0.15, 0.2) is 59.6 Å². The Bertz CT molecular complexity index is 917. The lowest BCUT2D eigenvalue weighted by atomic mass is 10.0. The van der Waals surface area contributed by atoms with E-state index in [-0.39, 0.29) is 6.04 Å². The molecule has 0 saturated heterocycles. The summed E-state index contributed by atoms with van der Waals surface area (Å²) in [7, 11) is 0. The zero-order valence-electron chi connectivity index (χ0n) is 14.8. The topological polar surface area (TPSA) is 73.7 Å². The lowest BCUT2D eigenvalue weighted by molar-refractivity contribution is -0.124. The van der Waals surface area contributed by atoms with Crippen molar-refractivity contribution in [3.63, 3.8) is 0 Å². The summed E-state index contributed by atoms with van der Waals surface area (Å²) in [6.45, 7) is 3.85. The van der Waals surface area contributed by atoms with E-state index in [9.17, 15) is 4.79 Å². The second-order valence-electron chi connectivity index (χ2n) is 6.33. The van der Waals surface area contributed by atoms with E-state index < -0.39 is 5.91 Å². The number of rotatable bonds is 7. The summed E-state index contributed by atoms with van der Waals surface area (Å²) in [5, 5.41) is 14.3. The van der Waals surface area contributed by atoms with Crippen LogP contribution < -0.4 is 21.4 Å². The van der Waals surface area contributed by atoms with E-state index in [0.29, 0.717) is 0 Å². The Morgan fingerprint density at radius 2 is 1.96 bits per heavy atom. The molecule has 1 aliphatic heterocycles. The number of hydroxylamine groups is 1. The molecular weight excluding hydrogens is 326 g/mol. The van der Waals surface area contributed by atoms with Gasteiger partial charge in [0.1, 0.15) is 0 Å². The molecule has 0 aromatic heterocycles. The summed E-state index contributed by atoms with van der Waals surface area (Å²) in [4.78, 5) is 15.7. The largest absolute Gasteiger partial charge is 0.312 e. The minimum atomic E-state index is -0.539. The summed E-state index contributed by atoms with van der Waals surface area (Å²) in [5.74, 6) is -0.539. The standard InChI is InChI=1S/C21H23N3O2/c1-15-18(19-4-2-3-5-20(19)23-15)12-13-22-14-17-8-6-16(7-9-17)10-11-21(25)24-26/h2-11,15,22,26H,12-14H2,1H3,(H,24,25)/b11-10+. The lowest BCUT2D eigenvalue weighted by Gasteiger charge is -2.09. The maximum Gasteiger partial charge on any atom is 0.267 e. The van der Waals surface area contributed by atoms with Crippen molar-refractivity contribution in [3.8, 4) is 0 Å². The second-order valence-corrected chi connectivity index (χ2v) is 6.33. The Morgan fingerprint density at radius 3 is 2.73 bits per heavy atom. The molecule has 0 radical (unpaired) electrons. The molecule has 2 aromatic carbocycles. The van der Waals surface area contributed by atoms with E-state index in [1.165, 1.54) is 22.4 Å². The monoisotopic (exact) mass is 349 g/mol. The molecule has 26 heavy (non-hydrogen) atoms. The summed E-state index contributed by atoms with van der Waals surface area (Å²) < 4.78 is 0. The molecule has 0 fully saturated rings. The van der Waals surface area contributed by atoms with Gasteiger partial charge in [-0.1, -0.05) is 42.5 Å². The van der Waals surface area contributed by atoms with Crippen molar-refractivity contribution >= 4 is 17.6 Å². The normalized spacial score (nSPS) is 15.8. The third-order valence-corrected chi connectivity index (χ3v) is 4.50. The van der Waals surface area contributed by atoms with Crippen molar-refractivity contribution in [1.29, 1.82) is 0 Å². The SMILES string of the molecule is CC1N=c2ccccc2=C1CCNCc1ccc(/C=C/C(=O)NO)cc1. The van der Waals surface area contributed by atoms with Crippen LogP contribution in [0.3, 0.4) is 0 Å². The molecule has 1 atom stereocenters. The van der Waals surface area contributed by atoms with Gasteiger partial charge >= 0.3 is 0 Å². The van der Waals surface area contributed by atoms with Gasteiger partial charge in [-0.05, 0) is 48.7 Å². The molecule has 5 heteroatoms. The first-order valence-electron chi connectivity index (χ1n) is 8.75.